The van der Waals surface area contributed by atoms with E-state index < -0.39 is 0 Å². The minimum Gasteiger partial charge on any atom is -0.315 e. The van der Waals surface area contributed by atoms with Crippen molar-refractivity contribution in [3.8, 4) is 0 Å². The molecule has 2 aliphatic heterocycles. The van der Waals surface area contributed by atoms with Gasteiger partial charge in [0.1, 0.15) is 0 Å². The molecule has 2 atom stereocenters. The third-order valence-electron chi connectivity index (χ3n) is 4.45. The molecule has 2 unspecified atom stereocenters. The third-order valence-corrected chi connectivity index (χ3v) is 4.45. The van der Waals surface area contributed by atoms with Gasteiger partial charge in [0, 0.05) is 12.1 Å². The summed E-state index contributed by atoms with van der Waals surface area (Å²) in [5, 5.41) is 3.64. The lowest BCUT2D eigenvalue weighted by molar-refractivity contribution is 0.0813. The van der Waals surface area contributed by atoms with E-state index in [1.807, 2.05) is 0 Å². The minimum absolute atomic E-state index is 0.504. The van der Waals surface area contributed by atoms with Crippen LogP contribution < -0.4 is 5.32 Å². The maximum Gasteiger partial charge on any atom is 0.0337 e. The van der Waals surface area contributed by atoms with Crippen molar-refractivity contribution in [2.24, 2.45) is 5.92 Å². The molecule has 0 aromatic heterocycles. The van der Waals surface area contributed by atoms with Crippen LogP contribution in [-0.2, 0) is 0 Å². The van der Waals surface area contributed by atoms with E-state index in [1.54, 1.807) is 0 Å². The zero-order valence-electron chi connectivity index (χ0n) is 11.8. The van der Waals surface area contributed by atoms with E-state index in [1.165, 1.54) is 58.4 Å². The van der Waals surface area contributed by atoms with Gasteiger partial charge in [0.15, 0.2) is 0 Å². The molecule has 0 amide bonds. The van der Waals surface area contributed by atoms with E-state index >= 15 is 0 Å². The molecule has 2 aliphatic rings. The molecule has 0 bridgehead atoms. The first-order valence-electron chi connectivity index (χ1n) is 7.23. The lowest BCUT2D eigenvalue weighted by Gasteiger charge is -2.44. The number of hydrogen-bond donors (Lipinski definition) is 1. The van der Waals surface area contributed by atoms with E-state index in [2.05, 4.69) is 36.1 Å². The van der Waals surface area contributed by atoms with Crippen LogP contribution in [0.4, 0.5) is 0 Å². The van der Waals surface area contributed by atoms with E-state index in [-0.39, 0.29) is 0 Å². The molecule has 1 N–H and O–H groups in total. The highest BCUT2D eigenvalue weighted by atomic mass is 15.2. The summed E-state index contributed by atoms with van der Waals surface area (Å²) in [5.41, 5.74) is 0.504. The van der Waals surface area contributed by atoms with Crippen LogP contribution >= 0.6 is 0 Å². The highest BCUT2D eigenvalue weighted by molar-refractivity contribution is 5.01. The van der Waals surface area contributed by atoms with Crippen molar-refractivity contribution in [2.75, 3.05) is 46.8 Å². The Balaban J connectivity index is 1.87. The van der Waals surface area contributed by atoms with Gasteiger partial charge in [-0.15, -0.1) is 0 Å². The fraction of sp³-hybridized carbons (Fsp3) is 1.00. The molecular formula is C14H29N3. The first-order chi connectivity index (χ1) is 8.12. The first kappa shape index (κ1) is 13.3. The maximum absolute atomic E-state index is 3.64. The Bertz CT molecular complexity index is 242. The van der Waals surface area contributed by atoms with Crippen molar-refractivity contribution in [3.05, 3.63) is 0 Å². The van der Waals surface area contributed by atoms with Gasteiger partial charge in [0.25, 0.3) is 0 Å². The summed E-state index contributed by atoms with van der Waals surface area (Å²) in [5.74, 6) is 0.846. The predicted octanol–water partition coefficient (Wildman–Crippen LogP) is 1.40. The average molecular weight is 239 g/mol. The van der Waals surface area contributed by atoms with Crippen molar-refractivity contribution < 1.29 is 0 Å². The van der Waals surface area contributed by atoms with Crippen LogP contribution in [0, 0.1) is 5.92 Å². The fourth-order valence-electron chi connectivity index (χ4n) is 3.70. The molecule has 100 valence electrons. The second kappa shape index (κ2) is 5.68. The lowest BCUT2D eigenvalue weighted by Crippen LogP contribution is -2.56. The van der Waals surface area contributed by atoms with Crippen molar-refractivity contribution in [1.82, 2.24) is 15.1 Å². The molecule has 0 aromatic carbocycles. The van der Waals surface area contributed by atoms with Crippen molar-refractivity contribution in [1.29, 1.82) is 0 Å². The number of rotatable bonds is 4. The van der Waals surface area contributed by atoms with Crippen LogP contribution in [-0.4, -0.2) is 62.2 Å². The van der Waals surface area contributed by atoms with Crippen LogP contribution in [0.3, 0.4) is 0 Å². The lowest BCUT2D eigenvalue weighted by atomic mass is 9.82. The summed E-state index contributed by atoms with van der Waals surface area (Å²) in [6, 6.07) is 0. The normalized spacial score (nSPS) is 34.9. The molecule has 2 fully saturated rings. The third kappa shape index (κ3) is 3.21. The smallest absolute Gasteiger partial charge is 0.0337 e. The Hall–Kier alpha value is -0.120. The standard InChI is InChI=1S/C14H29N3/c1-13-10-14(12-15-11-13)6-4-8-17(14)9-5-7-16(2)3/h13,15H,4-12H2,1-3H3. The maximum atomic E-state index is 3.64. The van der Waals surface area contributed by atoms with Gasteiger partial charge in [0.05, 0.1) is 0 Å². The van der Waals surface area contributed by atoms with Gasteiger partial charge in [-0.25, -0.2) is 0 Å². The summed E-state index contributed by atoms with van der Waals surface area (Å²) in [7, 11) is 4.34. The van der Waals surface area contributed by atoms with E-state index in [4.69, 9.17) is 0 Å². The van der Waals surface area contributed by atoms with Crippen LogP contribution in [0.15, 0.2) is 0 Å². The monoisotopic (exact) mass is 239 g/mol. The molecule has 2 heterocycles. The summed E-state index contributed by atoms with van der Waals surface area (Å²) < 4.78 is 0. The molecule has 0 radical (unpaired) electrons. The molecule has 0 saturated carbocycles. The zero-order chi connectivity index (χ0) is 12.3. The molecule has 0 aromatic rings. The summed E-state index contributed by atoms with van der Waals surface area (Å²) in [4.78, 5) is 5.07. The molecule has 2 saturated heterocycles. The number of nitrogens with one attached hydrogen (secondary N) is 1. The van der Waals surface area contributed by atoms with E-state index in [0.717, 1.165) is 5.92 Å². The number of nitrogens with zero attached hydrogens (tertiary/aromatic N) is 2. The van der Waals surface area contributed by atoms with Gasteiger partial charge in [0.2, 0.25) is 0 Å². The molecule has 3 heteroatoms. The highest BCUT2D eigenvalue weighted by Gasteiger charge is 2.42. The molecule has 3 nitrogen and oxygen atoms in total. The number of piperidine rings is 1. The zero-order valence-corrected chi connectivity index (χ0v) is 11.8. The van der Waals surface area contributed by atoms with Crippen LogP contribution in [0.2, 0.25) is 0 Å². The summed E-state index contributed by atoms with van der Waals surface area (Å²) in [6.07, 6.45) is 5.52. The van der Waals surface area contributed by atoms with E-state index in [9.17, 15) is 0 Å². The molecule has 17 heavy (non-hydrogen) atoms. The van der Waals surface area contributed by atoms with Gasteiger partial charge in [-0.2, -0.15) is 0 Å². The molecule has 2 rings (SSSR count). The first-order valence-corrected chi connectivity index (χ1v) is 7.23. The minimum atomic E-state index is 0.504. The predicted molar refractivity (Wildman–Crippen MR) is 73.4 cm³/mol. The van der Waals surface area contributed by atoms with Gasteiger partial charge in [-0.05, 0) is 71.9 Å². The number of likely N-dealkylation sites (tertiary alicyclic amines) is 1. The average Bonchev–Trinajstić information content (AvgIpc) is 2.61. The number of hydrogen-bond acceptors (Lipinski definition) is 3. The summed E-state index contributed by atoms with van der Waals surface area (Å²) >= 11 is 0. The Labute approximate surface area is 107 Å². The molecular weight excluding hydrogens is 210 g/mol. The van der Waals surface area contributed by atoms with Crippen LogP contribution in [0.1, 0.15) is 32.6 Å². The second-order valence-electron chi connectivity index (χ2n) is 6.41. The van der Waals surface area contributed by atoms with Gasteiger partial charge in [-0.1, -0.05) is 6.92 Å². The largest absolute Gasteiger partial charge is 0.315 e. The summed E-state index contributed by atoms with van der Waals surface area (Å²) in [6.45, 7) is 8.65. The second-order valence-corrected chi connectivity index (χ2v) is 6.41. The topological polar surface area (TPSA) is 18.5 Å². The fourth-order valence-corrected chi connectivity index (χ4v) is 3.70. The van der Waals surface area contributed by atoms with E-state index in [0.29, 0.717) is 5.54 Å². The van der Waals surface area contributed by atoms with Crippen LogP contribution in [0.5, 0.6) is 0 Å². The Kier molecular flexibility index (Phi) is 4.45. The van der Waals surface area contributed by atoms with Gasteiger partial charge < -0.3 is 10.2 Å². The Morgan fingerprint density at radius 1 is 1.41 bits per heavy atom. The van der Waals surface area contributed by atoms with Crippen molar-refractivity contribution >= 4 is 0 Å². The van der Waals surface area contributed by atoms with Crippen molar-refractivity contribution in [3.63, 3.8) is 0 Å². The highest BCUT2D eigenvalue weighted by Crippen LogP contribution is 2.36. The van der Waals surface area contributed by atoms with Crippen LogP contribution in [0.25, 0.3) is 0 Å². The SMILES string of the molecule is CC1CNCC2(CCCN2CCCN(C)C)C1. The Morgan fingerprint density at radius 2 is 2.24 bits per heavy atom. The molecule has 1 spiro atoms. The molecule has 0 aliphatic carbocycles. The van der Waals surface area contributed by atoms with Gasteiger partial charge >= 0.3 is 0 Å². The Morgan fingerprint density at radius 3 is 2.94 bits per heavy atom. The van der Waals surface area contributed by atoms with Crippen molar-refractivity contribution in [2.45, 2.75) is 38.1 Å². The quantitative estimate of drug-likeness (QED) is 0.800. The van der Waals surface area contributed by atoms with Gasteiger partial charge in [-0.3, -0.25) is 4.90 Å².